The molecule has 0 aromatic carbocycles. The van der Waals surface area contributed by atoms with Crippen LogP contribution in [0.5, 0.6) is 0 Å². The maximum absolute atomic E-state index is 9.14. The first-order chi connectivity index (χ1) is 4.64. The van der Waals surface area contributed by atoms with Crippen LogP contribution in [0.25, 0.3) is 0 Å². The van der Waals surface area contributed by atoms with E-state index in [1.54, 1.807) is 5.80 Å². The number of hydrogen-bond acceptors (Lipinski definition) is 4. The Hall–Kier alpha value is 0.140. The zero-order chi connectivity index (χ0) is 7.61. The van der Waals surface area contributed by atoms with E-state index in [1.807, 2.05) is 12.1 Å². The largest absolute Gasteiger partial charge is 0.353 e. The lowest BCUT2D eigenvalue weighted by Crippen LogP contribution is -2.41. The van der Waals surface area contributed by atoms with Gasteiger partial charge in [-0.25, -0.2) is 5.01 Å². The summed E-state index contributed by atoms with van der Waals surface area (Å²) in [6.07, 6.45) is 0.480. The Morgan fingerprint density at radius 3 is 2.70 bits per heavy atom. The molecule has 5 heteroatoms. The zero-order valence-electron chi connectivity index (χ0n) is 5.99. The van der Waals surface area contributed by atoms with Gasteiger partial charge >= 0.3 is 0 Å². The van der Waals surface area contributed by atoms with Gasteiger partial charge in [0.25, 0.3) is 0 Å². The summed E-state index contributed by atoms with van der Waals surface area (Å²) >= 11 is 0. The third-order valence-corrected chi connectivity index (χ3v) is 3.22. The second-order valence-electron chi connectivity index (χ2n) is 2.36. The Bertz CT molecular complexity index is 165. The highest BCUT2D eigenvalue weighted by atomic mass is 31.2. The molecule has 1 aliphatic rings. The van der Waals surface area contributed by atoms with Gasteiger partial charge in [-0.1, -0.05) is 0 Å². The maximum Gasteiger partial charge on any atom is 0.117 e. The molecule has 0 fully saturated rings. The van der Waals surface area contributed by atoms with Crippen LogP contribution in [-0.4, -0.2) is 46.9 Å². The van der Waals surface area contributed by atoms with Crippen molar-refractivity contribution in [2.45, 2.75) is 0 Å². The van der Waals surface area contributed by atoms with E-state index in [0.29, 0.717) is 19.3 Å². The molecule has 1 heterocycles. The van der Waals surface area contributed by atoms with E-state index >= 15 is 0 Å². The predicted octanol–water partition coefficient (Wildman–Crippen LogP) is -0.929. The average Bonchev–Trinajstić information content (AvgIpc) is 1.88. The standard InChI is InChI=1S/C5H13N2O2P/c1-6-7-2-4-10(8,9)5-3-7/h4,6,8-9H,2-3,5H2,1H3. The van der Waals surface area contributed by atoms with Crippen LogP contribution in [0.2, 0.25) is 0 Å². The monoisotopic (exact) mass is 164 g/mol. The van der Waals surface area contributed by atoms with Gasteiger partial charge in [-0.05, 0) is 12.8 Å². The van der Waals surface area contributed by atoms with Gasteiger partial charge < -0.3 is 9.79 Å². The van der Waals surface area contributed by atoms with Crippen LogP contribution >= 0.6 is 7.34 Å². The van der Waals surface area contributed by atoms with E-state index in [2.05, 4.69) is 5.43 Å². The molecule has 1 rings (SSSR count). The topological polar surface area (TPSA) is 55.7 Å². The Morgan fingerprint density at radius 1 is 1.60 bits per heavy atom. The number of hydrazine groups is 1. The van der Waals surface area contributed by atoms with Crippen molar-refractivity contribution in [3.05, 3.63) is 0 Å². The van der Waals surface area contributed by atoms with Gasteiger partial charge in [0.1, 0.15) is 7.34 Å². The van der Waals surface area contributed by atoms with Gasteiger partial charge in [-0.3, -0.25) is 5.43 Å². The minimum Gasteiger partial charge on any atom is -0.353 e. The maximum atomic E-state index is 9.14. The molecule has 0 aliphatic carbocycles. The van der Waals surface area contributed by atoms with Crippen molar-refractivity contribution >= 4 is 13.1 Å². The van der Waals surface area contributed by atoms with Crippen molar-refractivity contribution in [2.24, 2.45) is 0 Å². The molecule has 10 heavy (non-hydrogen) atoms. The van der Waals surface area contributed by atoms with Gasteiger partial charge in [0, 0.05) is 19.3 Å². The zero-order valence-corrected chi connectivity index (χ0v) is 6.88. The summed E-state index contributed by atoms with van der Waals surface area (Å²) in [6.45, 7) is 1.34. The molecule has 3 N–H and O–H groups in total. The fraction of sp³-hybridized carbons (Fsp3) is 0.800. The normalized spacial score (nSPS) is 25.9. The van der Waals surface area contributed by atoms with Crippen LogP contribution in [0.4, 0.5) is 0 Å². The molecule has 0 saturated carbocycles. The number of nitrogens with zero attached hydrogens (tertiary/aromatic N) is 1. The molecule has 0 amide bonds. The van der Waals surface area contributed by atoms with E-state index in [-0.39, 0.29) is 0 Å². The van der Waals surface area contributed by atoms with Gasteiger partial charge in [0.2, 0.25) is 0 Å². The fourth-order valence-corrected chi connectivity index (χ4v) is 2.06. The lowest BCUT2D eigenvalue weighted by molar-refractivity contribution is 0.249. The molecule has 4 nitrogen and oxygen atoms in total. The summed E-state index contributed by atoms with van der Waals surface area (Å²) in [4.78, 5) is 18.3. The van der Waals surface area contributed by atoms with Crippen molar-refractivity contribution in [1.29, 1.82) is 0 Å². The van der Waals surface area contributed by atoms with E-state index in [1.165, 1.54) is 0 Å². The molecular formula is C5H13N2O2P. The minimum atomic E-state index is -2.59. The van der Waals surface area contributed by atoms with Crippen LogP contribution in [0.15, 0.2) is 0 Å². The number of hydrogen-bond donors (Lipinski definition) is 3. The number of rotatable bonds is 1. The smallest absolute Gasteiger partial charge is 0.117 e. The van der Waals surface area contributed by atoms with Gasteiger partial charge in [-0.15, -0.1) is 0 Å². The third kappa shape index (κ3) is 2.08. The quantitative estimate of drug-likeness (QED) is 0.438. The Kier molecular flexibility index (Phi) is 2.50. The lowest BCUT2D eigenvalue weighted by Gasteiger charge is -2.27. The van der Waals surface area contributed by atoms with E-state index in [0.717, 1.165) is 0 Å². The van der Waals surface area contributed by atoms with E-state index < -0.39 is 7.34 Å². The molecule has 0 aromatic heterocycles. The second-order valence-corrected chi connectivity index (χ2v) is 4.75. The van der Waals surface area contributed by atoms with Gasteiger partial charge in [-0.2, -0.15) is 0 Å². The Balaban J connectivity index is 2.52. The highest BCUT2D eigenvalue weighted by molar-refractivity contribution is 7.64. The van der Waals surface area contributed by atoms with Crippen LogP contribution in [0, 0.1) is 0 Å². The van der Waals surface area contributed by atoms with Crippen LogP contribution in [0.3, 0.4) is 0 Å². The second kappa shape index (κ2) is 3.03. The molecule has 1 aliphatic heterocycles. The van der Waals surface area contributed by atoms with E-state index in [9.17, 15) is 0 Å². The average molecular weight is 164 g/mol. The van der Waals surface area contributed by atoms with Crippen LogP contribution in [0.1, 0.15) is 0 Å². The fourth-order valence-electron chi connectivity index (χ4n) is 0.883. The predicted molar refractivity (Wildman–Crippen MR) is 42.9 cm³/mol. The summed E-state index contributed by atoms with van der Waals surface area (Å²) in [5.41, 5.74) is 2.94. The summed E-state index contributed by atoms with van der Waals surface area (Å²) < 4.78 is 0. The van der Waals surface area contributed by atoms with Crippen LogP contribution in [-0.2, 0) is 0 Å². The third-order valence-electron chi connectivity index (χ3n) is 1.61. The summed E-state index contributed by atoms with van der Waals surface area (Å²) in [7, 11) is -0.766. The van der Waals surface area contributed by atoms with Gasteiger partial charge in [0.05, 0.1) is 0 Å². The molecule has 0 radical (unpaired) electrons. The van der Waals surface area contributed by atoms with Crippen molar-refractivity contribution in [1.82, 2.24) is 10.4 Å². The lowest BCUT2D eigenvalue weighted by atomic mass is 10.6. The van der Waals surface area contributed by atoms with E-state index in [4.69, 9.17) is 9.79 Å². The van der Waals surface area contributed by atoms with Crippen LogP contribution < -0.4 is 5.43 Å². The Labute approximate surface area is 60.6 Å². The first kappa shape index (κ1) is 8.24. The number of nitrogens with one attached hydrogen (secondary N) is 1. The Morgan fingerprint density at radius 2 is 2.30 bits per heavy atom. The molecule has 0 spiro atoms. The van der Waals surface area contributed by atoms with Crippen molar-refractivity contribution in [3.63, 3.8) is 0 Å². The first-order valence-electron chi connectivity index (χ1n) is 3.24. The molecule has 0 saturated heterocycles. The van der Waals surface area contributed by atoms with Crippen molar-refractivity contribution < 1.29 is 9.79 Å². The molecule has 0 atom stereocenters. The molecule has 0 aromatic rings. The SMILES string of the molecule is CNN1CC=P(O)(O)CC1. The highest BCUT2D eigenvalue weighted by Gasteiger charge is 2.16. The summed E-state index contributed by atoms with van der Waals surface area (Å²) in [6, 6.07) is 0. The summed E-state index contributed by atoms with van der Waals surface area (Å²) in [5.74, 6) is 1.59. The van der Waals surface area contributed by atoms with Gasteiger partial charge in [0.15, 0.2) is 0 Å². The van der Waals surface area contributed by atoms with Crippen molar-refractivity contribution in [3.8, 4) is 0 Å². The molecular weight excluding hydrogens is 151 g/mol. The minimum absolute atomic E-state index is 0.480. The van der Waals surface area contributed by atoms with Crippen molar-refractivity contribution in [2.75, 3.05) is 26.3 Å². The molecule has 60 valence electrons. The highest BCUT2D eigenvalue weighted by Crippen LogP contribution is 2.37. The molecule has 0 unspecified atom stereocenters. The molecule has 0 bridgehead atoms. The summed E-state index contributed by atoms with van der Waals surface area (Å²) in [5, 5.41) is 1.94. The first-order valence-corrected chi connectivity index (χ1v) is 5.19.